The number of benzene rings is 1. The van der Waals surface area contributed by atoms with Crippen molar-refractivity contribution in [2.24, 2.45) is 5.92 Å². The molecule has 0 bridgehead atoms. The van der Waals surface area contributed by atoms with E-state index < -0.39 is 0 Å². The summed E-state index contributed by atoms with van der Waals surface area (Å²) in [6, 6.07) is 6.70. The van der Waals surface area contributed by atoms with Gasteiger partial charge in [-0.15, -0.1) is 6.58 Å². The van der Waals surface area contributed by atoms with Gasteiger partial charge in [-0.25, -0.2) is 0 Å². The fourth-order valence-electron chi connectivity index (χ4n) is 2.21. The maximum atomic E-state index is 3.77. The highest BCUT2D eigenvalue weighted by Gasteiger charge is 2.05. The second-order valence-corrected chi connectivity index (χ2v) is 6.97. The molecule has 0 aliphatic heterocycles. The smallest absolute Gasteiger partial charge is 0.0241 e. The van der Waals surface area contributed by atoms with Crippen LogP contribution in [0.15, 0.2) is 35.3 Å². The molecule has 0 aliphatic rings. The number of halogens is 1. The number of unbranched alkanes of at least 4 members (excludes halogenated alkanes) is 1. The first-order chi connectivity index (χ1) is 10.0. The van der Waals surface area contributed by atoms with Gasteiger partial charge in [-0.05, 0) is 56.1 Å². The second-order valence-electron chi connectivity index (χ2n) is 6.12. The predicted octanol–water partition coefficient (Wildman–Crippen LogP) is 4.59. The van der Waals surface area contributed by atoms with Gasteiger partial charge >= 0.3 is 0 Å². The molecule has 1 rings (SSSR count). The van der Waals surface area contributed by atoms with Crippen LogP contribution in [0, 0.1) is 5.92 Å². The molecule has 1 aromatic carbocycles. The van der Waals surface area contributed by atoms with Gasteiger partial charge in [0.25, 0.3) is 0 Å². The Hall–Kier alpha value is -0.640. The van der Waals surface area contributed by atoms with E-state index in [1.807, 2.05) is 6.08 Å². The molecular formula is C18H29BrN2. The van der Waals surface area contributed by atoms with Crippen LogP contribution >= 0.6 is 15.9 Å². The molecule has 0 aromatic heterocycles. The summed E-state index contributed by atoms with van der Waals surface area (Å²) in [6.45, 7) is 12.3. The highest BCUT2D eigenvalue weighted by Crippen LogP contribution is 2.20. The monoisotopic (exact) mass is 352 g/mol. The lowest BCUT2D eigenvalue weighted by molar-refractivity contribution is 0.322. The number of nitrogens with zero attached hydrogens (tertiary/aromatic N) is 1. The maximum Gasteiger partial charge on any atom is 0.0241 e. The van der Waals surface area contributed by atoms with Crippen molar-refractivity contribution in [1.82, 2.24) is 10.2 Å². The van der Waals surface area contributed by atoms with Gasteiger partial charge in [0.05, 0.1) is 0 Å². The first-order valence-electron chi connectivity index (χ1n) is 7.80. The standard InChI is InChI=1S/C18H29BrN2/c1-5-6-7-10-21(4)14-17-9-8-16(11-18(17)19)13-20-12-15(2)3/h5,8-9,11,15,20H,1,6-7,10,12-14H2,2-4H3. The Morgan fingerprint density at radius 2 is 2.14 bits per heavy atom. The van der Waals surface area contributed by atoms with Gasteiger partial charge in [-0.2, -0.15) is 0 Å². The molecule has 21 heavy (non-hydrogen) atoms. The van der Waals surface area contributed by atoms with Gasteiger partial charge in [0.2, 0.25) is 0 Å². The van der Waals surface area contributed by atoms with Crippen LogP contribution in [0.1, 0.15) is 37.8 Å². The summed E-state index contributed by atoms with van der Waals surface area (Å²) < 4.78 is 1.21. The Bertz CT molecular complexity index is 429. The zero-order valence-electron chi connectivity index (χ0n) is 13.7. The molecule has 0 saturated heterocycles. The van der Waals surface area contributed by atoms with Crippen molar-refractivity contribution in [2.75, 3.05) is 20.1 Å². The van der Waals surface area contributed by atoms with E-state index >= 15 is 0 Å². The minimum absolute atomic E-state index is 0.692. The molecule has 2 nitrogen and oxygen atoms in total. The lowest BCUT2D eigenvalue weighted by Crippen LogP contribution is -2.20. The Morgan fingerprint density at radius 3 is 2.76 bits per heavy atom. The summed E-state index contributed by atoms with van der Waals surface area (Å²) in [5.74, 6) is 0.692. The van der Waals surface area contributed by atoms with E-state index in [4.69, 9.17) is 0 Å². The normalized spacial score (nSPS) is 11.3. The lowest BCUT2D eigenvalue weighted by atomic mass is 10.1. The maximum absolute atomic E-state index is 3.77. The molecule has 0 heterocycles. The van der Waals surface area contributed by atoms with Gasteiger partial charge < -0.3 is 10.2 Å². The van der Waals surface area contributed by atoms with E-state index in [-0.39, 0.29) is 0 Å². The Labute approximate surface area is 138 Å². The molecule has 0 spiro atoms. The zero-order valence-corrected chi connectivity index (χ0v) is 15.2. The van der Waals surface area contributed by atoms with Crippen molar-refractivity contribution in [3.05, 3.63) is 46.5 Å². The van der Waals surface area contributed by atoms with Crippen LogP contribution in [0.5, 0.6) is 0 Å². The Morgan fingerprint density at radius 1 is 1.38 bits per heavy atom. The van der Waals surface area contributed by atoms with Crippen LogP contribution in [0.25, 0.3) is 0 Å². The highest BCUT2D eigenvalue weighted by molar-refractivity contribution is 9.10. The molecule has 118 valence electrons. The van der Waals surface area contributed by atoms with Crippen molar-refractivity contribution < 1.29 is 0 Å². The molecular weight excluding hydrogens is 324 g/mol. The van der Waals surface area contributed by atoms with Crippen molar-refractivity contribution >= 4 is 15.9 Å². The molecule has 0 radical (unpaired) electrons. The Balaban J connectivity index is 2.47. The van der Waals surface area contributed by atoms with E-state index in [2.05, 4.69) is 71.8 Å². The molecule has 0 fully saturated rings. The number of allylic oxidation sites excluding steroid dienone is 1. The predicted molar refractivity (Wildman–Crippen MR) is 96.5 cm³/mol. The minimum atomic E-state index is 0.692. The summed E-state index contributed by atoms with van der Waals surface area (Å²) in [4.78, 5) is 2.36. The SMILES string of the molecule is C=CCCCN(C)Cc1ccc(CNCC(C)C)cc1Br. The first kappa shape index (κ1) is 18.4. The van der Waals surface area contributed by atoms with E-state index in [1.54, 1.807) is 0 Å². The quantitative estimate of drug-likeness (QED) is 0.489. The van der Waals surface area contributed by atoms with E-state index in [1.165, 1.54) is 22.0 Å². The van der Waals surface area contributed by atoms with Crippen LogP contribution in [0.2, 0.25) is 0 Å². The lowest BCUT2D eigenvalue weighted by Gasteiger charge is -2.18. The fraction of sp³-hybridized carbons (Fsp3) is 0.556. The van der Waals surface area contributed by atoms with E-state index in [0.29, 0.717) is 5.92 Å². The average Bonchev–Trinajstić information content (AvgIpc) is 2.42. The summed E-state index contributed by atoms with van der Waals surface area (Å²) >= 11 is 3.71. The number of nitrogens with one attached hydrogen (secondary N) is 1. The molecule has 0 atom stereocenters. The van der Waals surface area contributed by atoms with Gasteiger partial charge in [-0.3, -0.25) is 0 Å². The largest absolute Gasteiger partial charge is 0.312 e. The topological polar surface area (TPSA) is 15.3 Å². The van der Waals surface area contributed by atoms with Gasteiger partial charge in [0.1, 0.15) is 0 Å². The van der Waals surface area contributed by atoms with Crippen LogP contribution < -0.4 is 5.32 Å². The molecule has 1 N–H and O–H groups in total. The molecule has 3 heteroatoms. The number of hydrogen-bond acceptors (Lipinski definition) is 2. The fourth-order valence-corrected chi connectivity index (χ4v) is 2.76. The Kier molecular flexibility index (Phi) is 8.90. The molecule has 0 saturated carbocycles. The summed E-state index contributed by atoms with van der Waals surface area (Å²) in [5.41, 5.74) is 2.68. The summed E-state index contributed by atoms with van der Waals surface area (Å²) in [5, 5.41) is 3.48. The molecule has 0 aliphatic carbocycles. The van der Waals surface area contributed by atoms with Gasteiger partial charge in [0, 0.05) is 17.6 Å². The van der Waals surface area contributed by atoms with Crippen LogP contribution in [-0.4, -0.2) is 25.0 Å². The third-order valence-electron chi connectivity index (χ3n) is 3.39. The number of rotatable bonds is 10. The highest BCUT2D eigenvalue weighted by atomic mass is 79.9. The van der Waals surface area contributed by atoms with Crippen LogP contribution in [0.3, 0.4) is 0 Å². The zero-order chi connectivity index (χ0) is 15.7. The molecule has 0 amide bonds. The summed E-state index contributed by atoms with van der Waals surface area (Å²) in [6.07, 6.45) is 4.25. The van der Waals surface area contributed by atoms with Crippen molar-refractivity contribution in [2.45, 2.75) is 39.8 Å². The first-order valence-corrected chi connectivity index (χ1v) is 8.59. The minimum Gasteiger partial charge on any atom is -0.312 e. The van der Waals surface area contributed by atoms with Crippen molar-refractivity contribution in [3.8, 4) is 0 Å². The van der Waals surface area contributed by atoms with Crippen molar-refractivity contribution in [1.29, 1.82) is 0 Å². The summed E-state index contributed by atoms with van der Waals surface area (Å²) in [7, 11) is 2.17. The average molecular weight is 353 g/mol. The third kappa shape index (κ3) is 7.79. The van der Waals surface area contributed by atoms with E-state index in [0.717, 1.165) is 32.6 Å². The molecule has 1 aromatic rings. The van der Waals surface area contributed by atoms with Crippen LogP contribution in [0.4, 0.5) is 0 Å². The van der Waals surface area contributed by atoms with Crippen LogP contribution in [-0.2, 0) is 13.1 Å². The third-order valence-corrected chi connectivity index (χ3v) is 4.13. The van der Waals surface area contributed by atoms with Gasteiger partial charge in [-0.1, -0.05) is 48.0 Å². The molecule has 0 unspecified atom stereocenters. The van der Waals surface area contributed by atoms with Gasteiger partial charge in [0.15, 0.2) is 0 Å². The van der Waals surface area contributed by atoms with E-state index in [9.17, 15) is 0 Å². The second kappa shape index (κ2) is 10.1. The number of hydrogen-bond donors (Lipinski definition) is 1. The van der Waals surface area contributed by atoms with Crippen molar-refractivity contribution in [3.63, 3.8) is 0 Å².